The Bertz CT molecular complexity index is 602. The van der Waals surface area contributed by atoms with E-state index in [1.807, 2.05) is 6.92 Å². The van der Waals surface area contributed by atoms with Crippen LogP contribution in [0.15, 0.2) is 30.3 Å². The van der Waals surface area contributed by atoms with Gasteiger partial charge in [0.05, 0.1) is 6.04 Å². The standard InChI is InChI=1S/C14H15NO3/c1-8(15-9(2)16)14-7-12(18)6-10-5-11(17)3-4-13(10)14/h3-8,17-18H,1-2H3,(H,15,16). The maximum absolute atomic E-state index is 11.1. The van der Waals surface area contributed by atoms with Crippen molar-refractivity contribution in [3.05, 3.63) is 35.9 Å². The van der Waals surface area contributed by atoms with Crippen molar-refractivity contribution >= 4 is 16.7 Å². The van der Waals surface area contributed by atoms with Crippen molar-refractivity contribution in [1.29, 1.82) is 0 Å². The summed E-state index contributed by atoms with van der Waals surface area (Å²) in [5.41, 5.74) is 0.820. The topological polar surface area (TPSA) is 69.6 Å². The summed E-state index contributed by atoms with van der Waals surface area (Å²) in [6.07, 6.45) is 0. The van der Waals surface area contributed by atoms with E-state index in [0.717, 1.165) is 16.3 Å². The molecule has 18 heavy (non-hydrogen) atoms. The van der Waals surface area contributed by atoms with Crippen LogP contribution in [0.5, 0.6) is 11.5 Å². The molecular formula is C14H15NO3. The number of benzene rings is 2. The Kier molecular flexibility index (Phi) is 3.10. The van der Waals surface area contributed by atoms with E-state index in [0.29, 0.717) is 0 Å². The van der Waals surface area contributed by atoms with E-state index in [-0.39, 0.29) is 23.4 Å². The van der Waals surface area contributed by atoms with Gasteiger partial charge in [-0.2, -0.15) is 0 Å². The molecule has 0 saturated heterocycles. The zero-order valence-corrected chi connectivity index (χ0v) is 10.3. The minimum atomic E-state index is -0.207. The van der Waals surface area contributed by atoms with Crippen molar-refractivity contribution in [3.63, 3.8) is 0 Å². The van der Waals surface area contributed by atoms with Gasteiger partial charge in [-0.1, -0.05) is 6.07 Å². The Labute approximate surface area is 105 Å². The maximum atomic E-state index is 11.1. The number of carbonyl (C=O) groups excluding carboxylic acids is 1. The number of rotatable bonds is 2. The number of hydrogen-bond acceptors (Lipinski definition) is 3. The van der Waals surface area contributed by atoms with Gasteiger partial charge < -0.3 is 15.5 Å². The largest absolute Gasteiger partial charge is 0.508 e. The molecule has 0 spiro atoms. The molecule has 2 aromatic carbocycles. The van der Waals surface area contributed by atoms with Crippen molar-refractivity contribution in [2.24, 2.45) is 0 Å². The zero-order valence-electron chi connectivity index (χ0n) is 10.3. The number of amides is 1. The van der Waals surface area contributed by atoms with Crippen LogP contribution in [0.3, 0.4) is 0 Å². The summed E-state index contributed by atoms with van der Waals surface area (Å²) in [4.78, 5) is 11.1. The molecular weight excluding hydrogens is 230 g/mol. The van der Waals surface area contributed by atoms with Gasteiger partial charge in [0, 0.05) is 6.92 Å². The van der Waals surface area contributed by atoms with Crippen LogP contribution in [-0.4, -0.2) is 16.1 Å². The third-order valence-corrected chi connectivity index (χ3v) is 2.84. The van der Waals surface area contributed by atoms with E-state index < -0.39 is 0 Å². The Morgan fingerprint density at radius 2 is 1.83 bits per heavy atom. The number of fused-ring (bicyclic) bond motifs is 1. The highest BCUT2D eigenvalue weighted by molar-refractivity contribution is 5.89. The van der Waals surface area contributed by atoms with Gasteiger partial charge in [-0.05, 0) is 47.5 Å². The van der Waals surface area contributed by atoms with Crippen LogP contribution in [0.25, 0.3) is 10.8 Å². The van der Waals surface area contributed by atoms with Crippen LogP contribution in [0, 0.1) is 0 Å². The van der Waals surface area contributed by atoms with E-state index in [4.69, 9.17) is 0 Å². The van der Waals surface area contributed by atoms with Crippen molar-refractivity contribution in [3.8, 4) is 11.5 Å². The summed E-state index contributed by atoms with van der Waals surface area (Å²) in [6, 6.07) is 7.95. The summed E-state index contributed by atoms with van der Waals surface area (Å²) >= 11 is 0. The quantitative estimate of drug-likeness (QED) is 0.761. The van der Waals surface area contributed by atoms with Crippen LogP contribution in [-0.2, 0) is 4.79 Å². The van der Waals surface area contributed by atoms with Crippen LogP contribution < -0.4 is 5.32 Å². The molecule has 0 bridgehead atoms. The lowest BCUT2D eigenvalue weighted by Crippen LogP contribution is -2.23. The second-order valence-corrected chi connectivity index (χ2v) is 4.36. The van der Waals surface area contributed by atoms with E-state index in [1.165, 1.54) is 6.92 Å². The van der Waals surface area contributed by atoms with Gasteiger partial charge >= 0.3 is 0 Å². The van der Waals surface area contributed by atoms with Gasteiger partial charge in [-0.25, -0.2) is 0 Å². The summed E-state index contributed by atoms with van der Waals surface area (Å²) < 4.78 is 0. The van der Waals surface area contributed by atoms with Gasteiger partial charge in [0.25, 0.3) is 0 Å². The molecule has 1 atom stereocenters. The summed E-state index contributed by atoms with van der Waals surface area (Å²) in [5, 5.41) is 23.5. The number of carbonyl (C=O) groups is 1. The lowest BCUT2D eigenvalue weighted by atomic mass is 9.99. The zero-order chi connectivity index (χ0) is 13.3. The number of phenolic OH excluding ortho intramolecular Hbond substituents is 2. The first-order valence-electron chi connectivity index (χ1n) is 5.70. The number of aromatic hydroxyl groups is 2. The molecule has 3 N–H and O–H groups in total. The third kappa shape index (κ3) is 2.37. The van der Waals surface area contributed by atoms with Crippen LogP contribution in [0.4, 0.5) is 0 Å². The fraction of sp³-hybridized carbons (Fsp3) is 0.214. The normalized spacial score (nSPS) is 12.3. The van der Waals surface area contributed by atoms with E-state index in [1.54, 1.807) is 30.3 Å². The molecule has 0 aliphatic carbocycles. The molecule has 0 aromatic heterocycles. The molecule has 4 heteroatoms. The van der Waals surface area contributed by atoms with E-state index in [9.17, 15) is 15.0 Å². The SMILES string of the molecule is CC(=O)NC(C)c1cc(O)cc2cc(O)ccc12. The maximum Gasteiger partial charge on any atom is 0.217 e. The molecule has 0 aliphatic heterocycles. The van der Waals surface area contributed by atoms with E-state index >= 15 is 0 Å². The Hall–Kier alpha value is -2.23. The highest BCUT2D eigenvalue weighted by Crippen LogP contribution is 2.31. The van der Waals surface area contributed by atoms with Gasteiger partial charge in [-0.15, -0.1) is 0 Å². The molecule has 1 unspecified atom stereocenters. The first kappa shape index (κ1) is 12.2. The fourth-order valence-corrected chi connectivity index (χ4v) is 2.11. The van der Waals surface area contributed by atoms with Gasteiger partial charge in [-0.3, -0.25) is 4.79 Å². The van der Waals surface area contributed by atoms with Crippen LogP contribution >= 0.6 is 0 Å². The smallest absolute Gasteiger partial charge is 0.217 e. The van der Waals surface area contributed by atoms with Crippen molar-refractivity contribution < 1.29 is 15.0 Å². The minimum Gasteiger partial charge on any atom is -0.508 e. The Morgan fingerprint density at radius 1 is 1.17 bits per heavy atom. The minimum absolute atomic E-state index is 0.111. The first-order valence-corrected chi connectivity index (χ1v) is 5.70. The van der Waals surface area contributed by atoms with Gasteiger partial charge in [0.15, 0.2) is 0 Å². The lowest BCUT2D eigenvalue weighted by molar-refractivity contribution is -0.119. The predicted octanol–water partition coefficient (Wildman–Crippen LogP) is 2.45. The number of hydrogen-bond donors (Lipinski definition) is 3. The third-order valence-electron chi connectivity index (χ3n) is 2.84. The molecule has 0 heterocycles. The first-order chi connectivity index (χ1) is 8.47. The summed E-state index contributed by atoms with van der Waals surface area (Å²) in [5.74, 6) is 0.129. The molecule has 2 rings (SSSR count). The highest BCUT2D eigenvalue weighted by atomic mass is 16.3. The average molecular weight is 245 g/mol. The van der Waals surface area contributed by atoms with Crippen LogP contribution in [0.2, 0.25) is 0 Å². The molecule has 0 radical (unpaired) electrons. The molecule has 0 aliphatic rings. The molecule has 0 saturated carbocycles. The summed E-state index contributed by atoms with van der Waals surface area (Å²) in [7, 11) is 0. The molecule has 1 amide bonds. The van der Waals surface area contributed by atoms with Crippen molar-refractivity contribution in [2.45, 2.75) is 19.9 Å². The second-order valence-electron chi connectivity index (χ2n) is 4.36. The monoisotopic (exact) mass is 245 g/mol. The van der Waals surface area contributed by atoms with Gasteiger partial charge in [0.1, 0.15) is 11.5 Å². The number of phenols is 2. The predicted molar refractivity (Wildman–Crippen MR) is 69.5 cm³/mol. The fourth-order valence-electron chi connectivity index (χ4n) is 2.11. The Morgan fingerprint density at radius 3 is 2.50 bits per heavy atom. The molecule has 0 fully saturated rings. The van der Waals surface area contributed by atoms with Crippen LogP contribution in [0.1, 0.15) is 25.5 Å². The highest BCUT2D eigenvalue weighted by Gasteiger charge is 2.12. The molecule has 2 aromatic rings. The van der Waals surface area contributed by atoms with Gasteiger partial charge in [0.2, 0.25) is 5.91 Å². The van der Waals surface area contributed by atoms with Crippen molar-refractivity contribution in [1.82, 2.24) is 5.32 Å². The second kappa shape index (κ2) is 4.56. The molecule has 4 nitrogen and oxygen atoms in total. The summed E-state index contributed by atoms with van der Waals surface area (Å²) in [6.45, 7) is 3.30. The Balaban J connectivity index is 2.58. The molecule has 94 valence electrons. The number of nitrogens with one attached hydrogen (secondary N) is 1. The lowest BCUT2D eigenvalue weighted by Gasteiger charge is -2.16. The average Bonchev–Trinajstić information content (AvgIpc) is 2.26. The van der Waals surface area contributed by atoms with Crippen molar-refractivity contribution in [2.75, 3.05) is 0 Å². The van der Waals surface area contributed by atoms with E-state index in [2.05, 4.69) is 5.32 Å².